The fourth-order valence-electron chi connectivity index (χ4n) is 2.40. The molecule has 0 spiro atoms. The van der Waals surface area contributed by atoms with Crippen molar-refractivity contribution in [3.63, 3.8) is 0 Å². The molecular formula is C14H22N4O2. The molecule has 1 saturated heterocycles. The minimum atomic E-state index is -0.366. The topological polar surface area (TPSA) is 67.2 Å². The highest BCUT2D eigenvalue weighted by Gasteiger charge is 2.34. The lowest BCUT2D eigenvalue weighted by atomic mass is 9.96. The summed E-state index contributed by atoms with van der Waals surface area (Å²) in [6.45, 7) is 5.62. The van der Waals surface area contributed by atoms with Crippen molar-refractivity contribution >= 4 is 11.8 Å². The van der Waals surface area contributed by atoms with Gasteiger partial charge in [0, 0.05) is 25.5 Å². The summed E-state index contributed by atoms with van der Waals surface area (Å²) in [5.74, 6) is 0.157. The van der Waals surface area contributed by atoms with Crippen LogP contribution in [0.2, 0.25) is 0 Å². The number of carbonyl (C=O) groups excluding carboxylic acids is 2. The predicted molar refractivity (Wildman–Crippen MR) is 74.8 cm³/mol. The molecule has 1 aromatic rings. The largest absolute Gasteiger partial charge is 0.342 e. The van der Waals surface area contributed by atoms with Crippen LogP contribution < -0.4 is 5.32 Å². The van der Waals surface area contributed by atoms with E-state index in [1.165, 1.54) is 0 Å². The maximum absolute atomic E-state index is 12.4. The first-order valence-corrected chi connectivity index (χ1v) is 7.15. The average molecular weight is 278 g/mol. The molecular weight excluding hydrogens is 256 g/mol. The molecule has 6 nitrogen and oxygen atoms in total. The molecule has 20 heavy (non-hydrogen) atoms. The van der Waals surface area contributed by atoms with Crippen LogP contribution in [-0.4, -0.2) is 45.4 Å². The minimum absolute atomic E-state index is 0.0459. The van der Waals surface area contributed by atoms with Gasteiger partial charge in [-0.1, -0.05) is 20.3 Å². The van der Waals surface area contributed by atoms with Gasteiger partial charge < -0.3 is 14.8 Å². The van der Waals surface area contributed by atoms with Gasteiger partial charge in [0.05, 0.1) is 12.9 Å². The minimum Gasteiger partial charge on any atom is -0.342 e. The second-order valence-electron chi connectivity index (χ2n) is 5.34. The molecule has 0 radical (unpaired) electrons. The Hall–Kier alpha value is -1.85. The number of aryl methyl sites for hydroxylation is 1. The standard InChI is InChI=1S/C14H22N4O2/c1-3-11(2)13-14(20)18(9-12(19)16-13)7-4-6-17-8-5-15-10-17/h5,8,10-11,13H,3-4,6-7,9H2,1-2H3,(H,16,19). The van der Waals surface area contributed by atoms with E-state index in [0.717, 1.165) is 19.4 Å². The molecule has 0 saturated carbocycles. The number of nitrogens with one attached hydrogen (secondary N) is 1. The number of piperazine rings is 1. The third-order valence-corrected chi connectivity index (χ3v) is 3.85. The number of hydrogen-bond acceptors (Lipinski definition) is 3. The van der Waals surface area contributed by atoms with Crippen molar-refractivity contribution in [1.82, 2.24) is 19.8 Å². The van der Waals surface area contributed by atoms with Crippen LogP contribution in [0.3, 0.4) is 0 Å². The quantitative estimate of drug-likeness (QED) is 0.830. The summed E-state index contributed by atoms with van der Waals surface area (Å²) in [5, 5.41) is 2.81. The Bertz CT molecular complexity index is 458. The van der Waals surface area contributed by atoms with E-state index in [4.69, 9.17) is 0 Å². The normalized spacial score (nSPS) is 20.9. The van der Waals surface area contributed by atoms with Gasteiger partial charge in [0.25, 0.3) is 0 Å². The van der Waals surface area contributed by atoms with Crippen LogP contribution >= 0.6 is 0 Å². The maximum atomic E-state index is 12.4. The number of hydrogen-bond donors (Lipinski definition) is 1. The maximum Gasteiger partial charge on any atom is 0.245 e. The van der Waals surface area contributed by atoms with E-state index in [2.05, 4.69) is 10.3 Å². The molecule has 2 rings (SSSR count). The summed E-state index contributed by atoms with van der Waals surface area (Å²) in [7, 11) is 0. The van der Waals surface area contributed by atoms with Crippen molar-refractivity contribution in [2.24, 2.45) is 5.92 Å². The molecule has 1 aliphatic heterocycles. The van der Waals surface area contributed by atoms with Crippen LogP contribution in [0.25, 0.3) is 0 Å². The summed E-state index contributed by atoms with van der Waals surface area (Å²) in [4.78, 5) is 29.7. The number of imidazole rings is 1. The Labute approximate surface area is 119 Å². The van der Waals surface area contributed by atoms with E-state index >= 15 is 0 Å². The van der Waals surface area contributed by atoms with Gasteiger partial charge in [-0.15, -0.1) is 0 Å². The Morgan fingerprint density at radius 2 is 2.25 bits per heavy atom. The van der Waals surface area contributed by atoms with Gasteiger partial charge in [0.2, 0.25) is 11.8 Å². The molecule has 0 aliphatic carbocycles. The van der Waals surface area contributed by atoms with Gasteiger partial charge >= 0.3 is 0 Å². The van der Waals surface area contributed by atoms with Crippen molar-refractivity contribution in [3.05, 3.63) is 18.7 Å². The first-order chi connectivity index (χ1) is 9.61. The number of carbonyl (C=O) groups is 2. The van der Waals surface area contributed by atoms with Crippen molar-refractivity contribution in [2.45, 2.75) is 39.3 Å². The molecule has 1 fully saturated rings. The molecule has 1 N–H and O–H groups in total. The Balaban J connectivity index is 1.89. The van der Waals surface area contributed by atoms with Gasteiger partial charge in [-0.05, 0) is 12.3 Å². The first kappa shape index (κ1) is 14.6. The molecule has 1 aromatic heterocycles. The zero-order valence-corrected chi connectivity index (χ0v) is 12.1. The second kappa shape index (κ2) is 6.54. The fraction of sp³-hybridized carbons (Fsp3) is 0.643. The van der Waals surface area contributed by atoms with Gasteiger partial charge in [-0.2, -0.15) is 0 Å². The van der Waals surface area contributed by atoms with E-state index < -0.39 is 0 Å². The van der Waals surface area contributed by atoms with Crippen LogP contribution in [0.4, 0.5) is 0 Å². The molecule has 0 aromatic carbocycles. The number of aromatic nitrogens is 2. The van der Waals surface area contributed by atoms with Crippen LogP contribution in [0.1, 0.15) is 26.7 Å². The van der Waals surface area contributed by atoms with Gasteiger partial charge in [-0.25, -0.2) is 4.98 Å². The predicted octanol–water partition coefficient (Wildman–Crippen LogP) is 0.646. The summed E-state index contributed by atoms with van der Waals surface area (Å²) in [5.41, 5.74) is 0. The molecule has 2 unspecified atom stereocenters. The lowest BCUT2D eigenvalue weighted by molar-refractivity contribution is -0.145. The monoisotopic (exact) mass is 278 g/mol. The lowest BCUT2D eigenvalue weighted by Gasteiger charge is -2.35. The molecule has 1 aliphatic rings. The zero-order chi connectivity index (χ0) is 14.5. The highest BCUT2D eigenvalue weighted by molar-refractivity contribution is 5.94. The molecule has 2 amide bonds. The smallest absolute Gasteiger partial charge is 0.245 e. The van der Waals surface area contributed by atoms with Crippen LogP contribution in [0, 0.1) is 5.92 Å². The lowest BCUT2D eigenvalue weighted by Crippen LogP contribution is -2.60. The summed E-state index contributed by atoms with van der Waals surface area (Å²) >= 11 is 0. The molecule has 0 bridgehead atoms. The van der Waals surface area contributed by atoms with Gasteiger partial charge in [-0.3, -0.25) is 9.59 Å². The third-order valence-electron chi connectivity index (χ3n) is 3.85. The van der Waals surface area contributed by atoms with E-state index in [1.54, 1.807) is 17.4 Å². The fourth-order valence-corrected chi connectivity index (χ4v) is 2.40. The highest BCUT2D eigenvalue weighted by atomic mass is 16.2. The number of rotatable bonds is 6. The Kier molecular flexibility index (Phi) is 4.76. The molecule has 110 valence electrons. The number of nitrogens with zero attached hydrogens (tertiary/aromatic N) is 3. The Morgan fingerprint density at radius 1 is 1.45 bits per heavy atom. The Morgan fingerprint density at radius 3 is 2.90 bits per heavy atom. The van der Waals surface area contributed by atoms with Crippen LogP contribution in [0.15, 0.2) is 18.7 Å². The summed E-state index contributed by atoms with van der Waals surface area (Å²) < 4.78 is 1.97. The van der Waals surface area contributed by atoms with E-state index in [9.17, 15) is 9.59 Å². The third kappa shape index (κ3) is 3.37. The van der Waals surface area contributed by atoms with E-state index in [0.29, 0.717) is 6.54 Å². The van der Waals surface area contributed by atoms with Gasteiger partial charge in [0.1, 0.15) is 6.04 Å². The molecule has 2 heterocycles. The van der Waals surface area contributed by atoms with Crippen LogP contribution in [-0.2, 0) is 16.1 Å². The summed E-state index contributed by atoms with van der Waals surface area (Å²) in [6.07, 6.45) is 7.08. The van der Waals surface area contributed by atoms with Crippen LogP contribution in [0.5, 0.6) is 0 Å². The second-order valence-corrected chi connectivity index (χ2v) is 5.34. The molecule has 2 atom stereocenters. The SMILES string of the molecule is CCC(C)C1NC(=O)CN(CCCn2ccnc2)C1=O. The molecule has 6 heteroatoms. The average Bonchev–Trinajstić information content (AvgIpc) is 2.94. The van der Waals surface area contributed by atoms with Crippen molar-refractivity contribution in [3.8, 4) is 0 Å². The number of amides is 2. The van der Waals surface area contributed by atoms with E-state index in [-0.39, 0.29) is 30.3 Å². The van der Waals surface area contributed by atoms with Gasteiger partial charge in [0.15, 0.2) is 0 Å². The highest BCUT2D eigenvalue weighted by Crippen LogP contribution is 2.14. The zero-order valence-electron chi connectivity index (χ0n) is 12.1. The first-order valence-electron chi connectivity index (χ1n) is 7.15. The van der Waals surface area contributed by atoms with Crippen molar-refractivity contribution in [1.29, 1.82) is 0 Å². The van der Waals surface area contributed by atoms with Crippen molar-refractivity contribution in [2.75, 3.05) is 13.1 Å². The summed E-state index contributed by atoms with van der Waals surface area (Å²) in [6, 6.07) is -0.366. The van der Waals surface area contributed by atoms with E-state index in [1.807, 2.05) is 24.6 Å². The van der Waals surface area contributed by atoms with Crippen molar-refractivity contribution < 1.29 is 9.59 Å².